The smallest absolute Gasteiger partial charge is 0.344 e. The number of hydrogen-bond donors (Lipinski definition) is 2. The summed E-state index contributed by atoms with van der Waals surface area (Å²) >= 11 is 0. The summed E-state index contributed by atoms with van der Waals surface area (Å²) in [6.45, 7) is 1.66. The minimum atomic E-state index is -4.89. The predicted octanol–water partition coefficient (Wildman–Crippen LogP) is 2.77. The van der Waals surface area contributed by atoms with Crippen molar-refractivity contribution in [1.82, 2.24) is 5.32 Å². The summed E-state index contributed by atoms with van der Waals surface area (Å²) < 4.78 is 36.0. The minimum Gasteiger partial charge on any atom is -0.344 e. The van der Waals surface area contributed by atoms with Gasteiger partial charge in [-0.3, -0.25) is 9.59 Å². The van der Waals surface area contributed by atoms with Gasteiger partial charge in [0.2, 0.25) is 5.91 Å². The first kappa shape index (κ1) is 16.7. The lowest BCUT2D eigenvalue weighted by atomic mass is 10.2. The first-order valence-electron chi connectivity index (χ1n) is 6.24. The lowest BCUT2D eigenvalue weighted by Gasteiger charge is -2.08. The topological polar surface area (TPSA) is 58.2 Å². The van der Waals surface area contributed by atoms with Gasteiger partial charge in [-0.2, -0.15) is 13.2 Å². The van der Waals surface area contributed by atoms with E-state index >= 15 is 0 Å². The Morgan fingerprint density at radius 2 is 1.81 bits per heavy atom. The monoisotopic (exact) mass is 300 g/mol. The molecule has 0 aliphatic rings. The number of nitrogens with one attached hydrogen (secondary N) is 2. The maximum atomic E-state index is 12.0. The van der Waals surface area contributed by atoms with Gasteiger partial charge in [-0.05, 0) is 30.2 Å². The Bertz CT molecular complexity index is 522. The van der Waals surface area contributed by atoms with E-state index < -0.39 is 12.1 Å². The average molecular weight is 300 g/mol. The van der Waals surface area contributed by atoms with E-state index in [1.54, 1.807) is 23.5 Å². The summed E-state index contributed by atoms with van der Waals surface area (Å²) in [5.74, 6) is -2.26. The van der Waals surface area contributed by atoms with Crippen molar-refractivity contribution in [2.45, 2.75) is 26.1 Å². The zero-order chi connectivity index (χ0) is 15.9. The van der Waals surface area contributed by atoms with Gasteiger partial charge in [-0.25, -0.2) is 0 Å². The average Bonchev–Trinajstić information content (AvgIpc) is 2.43. The van der Waals surface area contributed by atoms with Gasteiger partial charge in [0.15, 0.2) is 0 Å². The number of amides is 2. The third kappa shape index (κ3) is 6.11. The van der Waals surface area contributed by atoms with Crippen molar-refractivity contribution >= 4 is 17.5 Å². The van der Waals surface area contributed by atoms with Gasteiger partial charge in [-0.15, -0.1) is 0 Å². The predicted molar refractivity (Wildman–Crippen MR) is 72.4 cm³/mol. The molecule has 1 aromatic carbocycles. The van der Waals surface area contributed by atoms with Gasteiger partial charge in [0.25, 0.3) is 0 Å². The van der Waals surface area contributed by atoms with Gasteiger partial charge in [-0.1, -0.05) is 25.1 Å². The van der Waals surface area contributed by atoms with Gasteiger partial charge in [0.1, 0.15) is 0 Å². The second kappa shape index (κ2) is 7.47. The Kier molecular flexibility index (Phi) is 5.95. The normalized spacial score (nSPS) is 11.4. The van der Waals surface area contributed by atoms with Crippen LogP contribution in [0.4, 0.5) is 18.9 Å². The highest BCUT2D eigenvalue weighted by Crippen LogP contribution is 2.15. The molecule has 0 heterocycles. The van der Waals surface area contributed by atoms with Gasteiger partial charge < -0.3 is 10.6 Å². The number of benzene rings is 1. The van der Waals surface area contributed by atoms with E-state index in [-0.39, 0.29) is 12.5 Å². The molecule has 7 heteroatoms. The second-order valence-electron chi connectivity index (χ2n) is 4.18. The summed E-state index contributed by atoms with van der Waals surface area (Å²) in [4.78, 5) is 22.1. The van der Waals surface area contributed by atoms with Crippen LogP contribution in [0.15, 0.2) is 36.4 Å². The van der Waals surface area contributed by atoms with Crippen LogP contribution in [0, 0.1) is 0 Å². The van der Waals surface area contributed by atoms with E-state index in [1.807, 2.05) is 6.92 Å². The molecule has 0 fully saturated rings. The molecule has 21 heavy (non-hydrogen) atoms. The van der Waals surface area contributed by atoms with Crippen LogP contribution in [0.3, 0.4) is 0 Å². The van der Waals surface area contributed by atoms with Crippen molar-refractivity contribution in [1.29, 1.82) is 0 Å². The molecule has 2 amide bonds. The molecule has 0 aliphatic heterocycles. The van der Waals surface area contributed by atoms with Gasteiger partial charge in [0, 0.05) is 12.2 Å². The van der Waals surface area contributed by atoms with E-state index in [4.69, 9.17) is 0 Å². The number of anilines is 1. The third-order valence-corrected chi connectivity index (χ3v) is 2.44. The molecule has 1 aromatic rings. The second-order valence-corrected chi connectivity index (χ2v) is 4.18. The first-order chi connectivity index (χ1) is 9.82. The van der Waals surface area contributed by atoms with Crippen LogP contribution >= 0.6 is 0 Å². The van der Waals surface area contributed by atoms with Crippen molar-refractivity contribution in [3.63, 3.8) is 0 Å². The lowest BCUT2D eigenvalue weighted by molar-refractivity contribution is -0.173. The summed E-state index contributed by atoms with van der Waals surface area (Å²) in [6.07, 6.45) is -1.04. The quantitative estimate of drug-likeness (QED) is 0.822. The highest BCUT2D eigenvalue weighted by Gasteiger charge is 2.38. The maximum Gasteiger partial charge on any atom is 0.471 e. The summed E-state index contributed by atoms with van der Waals surface area (Å²) in [7, 11) is 0. The van der Waals surface area contributed by atoms with Crippen molar-refractivity contribution in [2.24, 2.45) is 0 Å². The number of rotatable bonds is 5. The Morgan fingerprint density at radius 1 is 1.19 bits per heavy atom. The number of carbonyl (C=O) groups excluding carboxylic acids is 2. The van der Waals surface area contributed by atoms with Crippen molar-refractivity contribution < 1.29 is 22.8 Å². The SMILES string of the molecule is CC/C=C/C(=O)Nc1ccc(CNC(=O)C(F)(F)F)cc1. The molecule has 0 spiro atoms. The number of hydrogen-bond acceptors (Lipinski definition) is 2. The van der Waals surface area contributed by atoms with Crippen LogP contribution in [-0.2, 0) is 16.1 Å². The maximum absolute atomic E-state index is 12.0. The van der Waals surface area contributed by atoms with E-state index in [9.17, 15) is 22.8 Å². The molecule has 4 nitrogen and oxygen atoms in total. The summed E-state index contributed by atoms with van der Waals surface area (Å²) in [5.41, 5.74) is 1.02. The zero-order valence-electron chi connectivity index (χ0n) is 11.3. The van der Waals surface area contributed by atoms with Crippen molar-refractivity contribution in [3.05, 3.63) is 42.0 Å². The van der Waals surface area contributed by atoms with Crippen LogP contribution in [0.2, 0.25) is 0 Å². The molecule has 0 bridgehead atoms. The van der Waals surface area contributed by atoms with E-state index in [0.29, 0.717) is 11.3 Å². The van der Waals surface area contributed by atoms with Crippen molar-refractivity contribution in [3.8, 4) is 0 Å². The molecule has 114 valence electrons. The first-order valence-corrected chi connectivity index (χ1v) is 6.24. The Balaban J connectivity index is 2.53. The van der Waals surface area contributed by atoms with Crippen LogP contribution in [0.1, 0.15) is 18.9 Å². The van der Waals surface area contributed by atoms with E-state index in [1.165, 1.54) is 18.2 Å². The van der Waals surface area contributed by atoms with Gasteiger partial charge in [0.05, 0.1) is 0 Å². The standard InChI is InChI=1S/C14H15F3N2O2/c1-2-3-4-12(20)19-11-7-5-10(6-8-11)9-18-13(21)14(15,16)17/h3-8H,2,9H2,1H3,(H,18,21)(H,19,20)/b4-3+. The molecule has 0 saturated carbocycles. The molecule has 0 saturated heterocycles. The lowest BCUT2D eigenvalue weighted by Crippen LogP contribution is -2.36. The van der Waals surface area contributed by atoms with Crippen LogP contribution < -0.4 is 10.6 Å². The fraction of sp³-hybridized carbons (Fsp3) is 0.286. The van der Waals surface area contributed by atoms with Gasteiger partial charge >= 0.3 is 12.1 Å². The molecule has 0 aliphatic carbocycles. The molecule has 0 aromatic heterocycles. The van der Waals surface area contributed by atoms with E-state index in [0.717, 1.165) is 6.42 Å². The number of allylic oxidation sites excluding steroid dienone is 1. The summed E-state index contributed by atoms with van der Waals surface area (Å²) in [5, 5.41) is 4.36. The molecular weight excluding hydrogens is 285 g/mol. The van der Waals surface area contributed by atoms with E-state index in [2.05, 4.69) is 5.32 Å². The largest absolute Gasteiger partial charge is 0.471 e. The number of carbonyl (C=O) groups is 2. The fourth-order valence-corrected chi connectivity index (χ4v) is 1.40. The molecule has 2 N–H and O–H groups in total. The Morgan fingerprint density at radius 3 is 2.33 bits per heavy atom. The van der Waals surface area contributed by atoms with Crippen LogP contribution in [0.25, 0.3) is 0 Å². The molecule has 0 atom stereocenters. The fourth-order valence-electron chi connectivity index (χ4n) is 1.40. The van der Waals surface area contributed by atoms with Crippen LogP contribution in [0.5, 0.6) is 0 Å². The Hall–Kier alpha value is -2.31. The molecule has 0 radical (unpaired) electrons. The number of alkyl halides is 3. The third-order valence-electron chi connectivity index (χ3n) is 2.44. The zero-order valence-corrected chi connectivity index (χ0v) is 11.3. The Labute approximate surface area is 120 Å². The van der Waals surface area contributed by atoms with Crippen molar-refractivity contribution in [2.75, 3.05) is 5.32 Å². The highest BCUT2D eigenvalue weighted by molar-refractivity contribution is 5.99. The summed E-state index contributed by atoms with van der Waals surface area (Å²) in [6, 6.07) is 6.14. The molecule has 1 rings (SSSR count). The number of halogens is 3. The van der Waals surface area contributed by atoms with Crippen LogP contribution in [-0.4, -0.2) is 18.0 Å². The minimum absolute atomic E-state index is 0.234. The molecule has 0 unspecified atom stereocenters. The highest BCUT2D eigenvalue weighted by atomic mass is 19.4. The molecular formula is C14H15F3N2O2.